The molecular weight excluding hydrogens is 520 g/mol. The lowest BCUT2D eigenvalue weighted by molar-refractivity contribution is 0.0497. The molecule has 0 unspecified atom stereocenters. The van der Waals surface area contributed by atoms with Crippen molar-refractivity contribution in [3.8, 4) is 34.2 Å². The Hall–Kier alpha value is -4.46. The van der Waals surface area contributed by atoms with Crippen LogP contribution in [0.5, 0.6) is 5.75 Å². The molecule has 3 aromatic rings. The number of halogens is 2. The zero-order valence-corrected chi connectivity index (χ0v) is 23.0. The highest BCUT2D eigenvalue weighted by atomic mass is 19.1. The first-order chi connectivity index (χ1) is 18.9. The number of methoxy groups -OCH3 is 1. The topological polar surface area (TPSA) is 109 Å². The number of rotatable bonds is 5. The van der Waals surface area contributed by atoms with Crippen LogP contribution in [0.4, 0.5) is 19.5 Å². The molecule has 0 aliphatic carbocycles. The zero-order chi connectivity index (χ0) is 29.2. The van der Waals surface area contributed by atoms with Crippen LogP contribution >= 0.6 is 0 Å². The predicted octanol–water partition coefficient (Wildman–Crippen LogP) is 4.77. The molecule has 1 N–H and O–H groups in total. The van der Waals surface area contributed by atoms with Crippen LogP contribution in [0.3, 0.4) is 0 Å². The van der Waals surface area contributed by atoms with Crippen LogP contribution in [-0.2, 0) is 11.8 Å². The molecule has 0 radical (unpaired) electrons. The van der Waals surface area contributed by atoms with Gasteiger partial charge in [-0.3, -0.25) is 4.79 Å². The van der Waals surface area contributed by atoms with E-state index in [1.807, 2.05) is 4.90 Å². The number of piperidine rings is 1. The number of aromatic nitrogens is 2. The van der Waals surface area contributed by atoms with Crippen molar-refractivity contribution in [2.75, 3.05) is 25.1 Å². The van der Waals surface area contributed by atoms with Crippen molar-refractivity contribution >= 4 is 12.0 Å². The molecule has 0 atom stereocenters. The minimum absolute atomic E-state index is 0.0129. The number of nitriles is 1. The number of nitrogens with zero attached hydrogens (tertiary/aromatic N) is 4. The second kappa shape index (κ2) is 11.3. The maximum Gasteiger partial charge on any atom is 0.407 e. The lowest BCUT2D eigenvalue weighted by atomic mass is 9.98. The van der Waals surface area contributed by atoms with E-state index < -0.39 is 28.9 Å². The van der Waals surface area contributed by atoms with Crippen LogP contribution in [0, 0.1) is 23.0 Å². The highest BCUT2D eigenvalue weighted by Gasteiger charge is 2.28. The Morgan fingerprint density at radius 2 is 1.75 bits per heavy atom. The standard InChI is InChI=1S/C29H31F2N5O4/c1-29(2,3)40-28(38)33-20-10-12-36(13-11-20)27-34-26(37)24(17-8-9-23(39-5)22(31)14-17)25(35(27)4)18-6-7-19(16-32)21(30)15-18/h6-9,14-15,20H,10-13H2,1-5H3,(H,33,38). The summed E-state index contributed by atoms with van der Waals surface area (Å²) in [6, 6.07) is 9.85. The summed E-state index contributed by atoms with van der Waals surface area (Å²) in [5.41, 5.74) is -0.394. The van der Waals surface area contributed by atoms with Gasteiger partial charge in [-0.05, 0) is 63.4 Å². The average Bonchev–Trinajstić information content (AvgIpc) is 2.89. The largest absolute Gasteiger partial charge is 0.494 e. The third-order valence-electron chi connectivity index (χ3n) is 6.59. The second-order valence-corrected chi connectivity index (χ2v) is 10.6. The molecule has 210 valence electrons. The van der Waals surface area contributed by atoms with Crippen LogP contribution in [0.25, 0.3) is 22.4 Å². The molecule has 11 heteroatoms. The molecule has 1 aliphatic heterocycles. The zero-order valence-electron chi connectivity index (χ0n) is 23.0. The summed E-state index contributed by atoms with van der Waals surface area (Å²) in [6.45, 7) is 6.35. The van der Waals surface area contributed by atoms with E-state index in [9.17, 15) is 23.6 Å². The fraction of sp³-hybridized carbons (Fsp3) is 0.379. The van der Waals surface area contributed by atoms with Crippen molar-refractivity contribution in [1.82, 2.24) is 14.9 Å². The maximum absolute atomic E-state index is 14.7. The molecule has 0 spiro atoms. The Labute approximate surface area is 231 Å². The number of hydrogen-bond acceptors (Lipinski definition) is 7. The van der Waals surface area contributed by atoms with Gasteiger partial charge in [0.1, 0.15) is 17.5 Å². The lowest BCUT2D eigenvalue weighted by Crippen LogP contribution is -2.47. The first kappa shape index (κ1) is 28.5. The third-order valence-corrected chi connectivity index (χ3v) is 6.59. The number of amides is 1. The van der Waals surface area contributed by atoms with E-state index in [1.54, 1.807) is 44.5 Å². The van der Waals surface area contributed by atoms with Gasteiger partial charge in [0.05, 0.1) is 23.9 Å². The number of alkyl carbamates (subject to hydrolysis) is 1. The highest BCUT2D eigenvalue weighted by Crippen LogP contribution is 2.34. The SMILES string of the molecule is COc1ccc(-c2c(-c3ccc(C#N)c(F)c3)n(C)c(N3CCC(NC(=O)OC(C)(C)C)CC3)nc2=O)cc1F. The summed E-state index contributed by atoms with van der Waals surface area (Å²) >= 11 is 0. The molecule has 2 aromatic carbocycles. The summed E-state index contributed by atoms with van der Waals surface area (Å²) in [7, 11) is 3.03. The van der Waals surface area contributed by atoms with Crippen molar-refractivity contribution in [3.05, 3.63) is 63.9 Å². The highest BCUT2D eigenvalue weighted by molar-refractivity contribution is 5.82. The van der Waals surface area contributed by atoms with Gasteiger partial charge in [-0.25, -0.2) is 13.6 Å². The van der Waals surface area contributed by atoms with E-state index in [2.05, 4.69) is 10.3 Å². The van der Waals surface area contributed by atoms with Gasteiger partial charge in [0, 0.05) is 31.7 Å². The Morgan fingerprint density at radius 3 is 2.33 bits per heavy atom. The molecular formula is C29H31F2N5O4. The lowest BCUT2D eigenvalue weighted by Gasteiger charge is -2.34. The third kappa shape index (κ3) is 6.06. The molecule has 1 amide bonds. The van der Waals surface area contributed by atoms with E-state index >= 15 is 0 Å². The molecule has 0 saturated carbocycles. The van der Waals surface area contributed by atoms with Crippen molar-refractivity contribution < 1.29 is 23.0 Å². The van der Waals surface area contributed by atoms with Crippen LogP contribution in [0.1, 0.15) is 39.2 Å². The fourth-order valence-electron chi connectivity index (χ4n) is 4.74. The number of ether oxygens (including phenoxy) is 2. The van der Waals surface area contributed by atoms with Gasteiger partial charge < -0.3 is 24.3 Å². The number of hydrogen-bond donors (Lipinski definition) is 1. The van der Waals surface area contributed by atoms with Crippen molar-refractivity contribution in [3.63, 3.8) is 0 Å². The number of carbonyl (C=O) groups is 1. The van der Waals surface area contributed by atoms with Gasteiger partial charge in [0.25, 0.3) is 5.56 Å². The minimum atomic E-state index is -0.744. The van der Waals surface area contributed by atoms with E-state index in [0.29, 0.717) is 43.1 Å². The summed E-state index contributed by atoms with van der Waals surface area (Å²) in [5, 5.41) is 12.1. The molecule has 1 aliphatic rings. The van der Waals surface area contributed by atoms with Crippen LogP contribution in [0.15, 0.2) is 41.2 Å². The molecule has 1 aromatic heterocycles. The molecule has 2 heterocycles. The Morgan fingerprint density at radius 1 is 1.10 bits per heavy atom. The van der Waals surface area contributed by atoms with Gasteiger partial charge in [-0.1, -0.05) is 12.1 Å². The summed E-state index contributed by atoms with van der Waals surface area (Å²) in [4.78, 5) is 32.0. The normalized spacial score (nSPS) is 14.0. The fourth-order valence-corrected chi connectivity index (χ4v) is 4.74. The van der Waals surface area contributed by atoms with Gasteiger partial charge in [-0.15, -0.1) is 0 Å². The molecule has 9 nitrogen and oxygen atoms in total. The first-order valence-electron chi connectivity index (χ1n) is 12.8. The van der Waals surface area contributed by atoms with Crippen molar-refractivity contribution in [2.45, 2.75) is 45.3 Å². The molecule has 4 rings (SSSR count). The molecule has 1 fully saturated rings. The van der Waals surface area contributed by atoms with Gasteiger partial charge in [0.15, 0.2) is 11.6 Å². The van der Waals surface area contributed by atoms with Crippen LogP contribution < -0.4 is 20.5 Å². The molecule has 40 heavy (non-hydrogen) atoms. The Balaban J connectivity index is 1.74. The van der Waals surface area contributed by atoms with E-state index in [-0.39, 0.29) is 28.5 Å². The Kier molecular flexibility index (Phi) is 8.09. The van der Waals surface area contributed by atoms with Gasteiger partial charge in [0.2, 0.25) is 5.95 Å². The van der Waals surface area contributed by atoms with Crippen molar-refractivity contribution in [2.24, 2.45) is 7.05 Å². The summed E-state index contributed by atoms with van der Waals surface area (Å²) in [6.07, 6.45) is 0.681. The van der Waals surface area contributed by atoms with Crippen LogP contribution in [-0.4, -0.2) is 47.5 Å². The number of carbonyl (C=O) groups excluding carboxylic acids is 1. The van der Waals surface area contributed by atoms with Gasteiger partial charge in [-0.2, -0.15) is 10.2 Å². The first-order valence-corrected chi connectivity index (χ1v) is 12.8. The molecule has 0 bridgehead atoms. The van der Waals surface area contributed by atoms with E-state index in [0.717, 1.165) is 0 Å². The Bertz CT molecular complexity index is 1530. The smallest absolute Gasteiger partial charge is 0.407 e. The predicted molar refractivity (Wildman–Crippen MR) is 146 cm³/mol. The summed E-state index contributed by atoms with van der Waals surface area (Å²) in [5.74, 6) is -1.05. The van der Waals surface area contributed by atoms with E-state index in [4.69, 9.17) is 9.47 Å². The minimum Gasteiger partial charge on any atom is -0.494 e. The summed E-state index contributed by atoms with van der Waals surface area (Å²) < 4.78 is 41.4. The average molecular weight is 552 g/mol. The maximum atomic E-state index is 14.7. The van der Waals surface area contributed by atoms with Crippen LogP contribution in [0.2, 0.25) is 0 Å². The monoisotopic (exact) mass is 551 g/mol. The number of benzene rings is 2. The van der Waals surface area contributed by atoms with Crippen molar-refractivity contribution in [1.29, 1.82) is 5.26 Å². The second-order valence-electron chi connectivity index (χ2n) is 10.6. The number of nitrogens with one attached hydrogen (secondary N) is 1. The molecule has 1 saturated heterocycles. The van der Waals surface area contributed by atoms with Gasteiger partial charge >= 0.3 is 6.09 Å². The number of anilines is 1. The quantitative estimate of drug-likeness (QED) is 0.487. The van der Waals surface area contributed by atoms with E-state index in [1.165, 1.54) is 37.4 Å².